The third kappa shape index (κ3) is 5.05. The Balaban J connectivity index is 1.66. The van der Waals surface area contributed by atoms with Gasteiger partial charge in [0.05, 0.1) is 16.6 Å². The highest BCUT2D eigenvalue weighted by molar-refractivity contribution is 7.92. The van der Waals surface area contributed by atoms with Crippen molar-refractivity contribution in [3.8, 4) is 5.75 Å². The van der Waals surface area contributed by atoms with Crippen molar-refractivity contribution in [1.29, 1.82) is 0 Å². The fourth-order valence-electron chi connectivity index (χ4n) is 4.66. The van der Waals surface area contributed by atoms with Gasteiger partial charge in [0, 0.05) is 12.0 Å². The van der Waals surface area contributed by atoms with E-state index >= 15 is 0 Å². The fourth-order valence-corrected chi connectivity index (χ4v) is 6.17. The van der Waals surface area contributed by atoms with Gasteiger partial charge in [0.25, 0.3) is 10.0 Å². The Morgan fingerprint density at radius 1 is 0.971 bits per heavy atom. The van der Waals surface area contributed by atoms with Crippen molar-refractivity contribution in [2.24, 2.45) is 0 Å². The Morgan fingerprint density at radius 3 is 2.29 bits per heavy atom. The lowest BCUT2D eigenvalue weighted by Crippen LogP contribution is -2.47. The SMILES string of the molecule is CCC1(CC)CC(NC(=O)CN(c2ccccc2C)S(=O)(=O)c2ccccc2)c2ccccc2O1. The third-order valence-electron chi connectivity index (χ3n) is 6.82. The zero-order chi connectivity index (χ0) is 25.1. The molecule has 0 radical (unpaired) electrons. The Kier molecular flexibility index (Phi) is 7.17. The Hall–Kier alpha value is -3.32. The van der Waals surface area contributed by atoms with Crippen LogP contribution in [0, 0.1) is 6.92 Å². The molecule has 0 spiro atoms. The molecule has 3 aromatic rings. The first-order valence-corrected chi connectivity index (χ1v) is 13.4. The summed E-state index contributed by atoms with van der Waals surface area (Å²) in [7, 11) is -3.96. The molecule has 0 fully saturated rings. The van der Waals surface area contributed by atoms with Gasteiger partial charge in [-0.25, -0.2) is 8.42 Å². The van der Waals surface area contributed by atoms with Crippen LogP contribution in [0.25, 0.3) is 0 Å². The van der Waals surface area contributed by atoms with E-state index in [0.29, 0.717) is 12.1 Å². The smallest absolute Gasteiger partial charge is 0.264 e. The molecule has 0 saturated carbocycles. The number of hydrogen-bond acceptors (Lipinski definition) is 4. The molecule has 0 aliphatic carbocycles. The van der Waals surface area contributed by atoms with Crippen molar-refractivity contribution in [2.45, 2.75) is 56.6 Å². The molecular formula is C28H32N2O4S. The van der Waals surface area contributed by atoms with E-state index in [4.69, 9.17) is 4.74 Å². The monoisotopic (exact) mass is 492 g/mol. The molecule has 3 aromatic carbocycles. The standard InChI is InChI=1S/C28H32N2O4S/c1-4-28(5-2)19-24(23-16-10-12-18-26(23)34-28)29-27(31)20-30(25-17-11-9-13-21(25)3)35(32,33)22-14-7-6-8-15-22/h6-18,24H,4-5,19-20H2,1-3H3,(H,29,31). The zero-order valence-corrected chi connectivity index (χ0v) is 21.2. The van der Waals surface area contributed by atoms with E-state index in [0.717, 1.165) is 29.7 Å². The first-order valence-electron chi connectivity index (χ1n) is 12.0. The Bertz CT molecular complexity index is 1290. The number of benzene rings is 3. The average Bonchev–Trinajstić information content (AvgIpc) is 2.88. The number of nitrogens with zero attached hydrogens (tertiary/aromatic N) is 1. The molecule has 1 atom stereocenters. The van der Waals surface area contributed by atoms with Gasteiger partial charge in [0.15, 0.2) is 0 Å². The number of aryl methyl sites for hydroxylation is 1. The summed E-state index contributed by atoms with van der Waals surface area (Å²) in [6.45, 7) is 5.69. The summed E-state index contributed by atoms with van der Waals surface area (Å²) in [5, 5.41) is 3.12. The van der Waals surface area contributed by atoms with Crippen LogP contribution in [0.1, 0.15) is 50.3 Å². The van der Waals surface area contributed by atoms with Gasteiger partial charge in [-0.05, 0) is 49.6 Å². The van der Waals surface area contributed by atoms with Crippen molar-refractivity contribution in [1.82, 2.24) is 5.32 Å². The Morgan fingerprint density at radius 2 is 1.60 bits per heavy atom. The molecule has 1 N–H and O–H groups in total. The van der Waals surface area contributed by atoms with Crippen LogP contribution < -0.4 is 14.4 Å². The number of nitrogens with one attached hydrogen (secondary N) is 1. The zero-order valence-electron chi connectivity index (χ0n) is 20.4. The number of amides is 1. The van der Waals surface area contributed by atoms with Crippen LogP contribution in [-0.4, -0.2) is 26.5 Å². The predicted octanol–water partition coefficient (Wildman–Crippen LogP) is 5.39. The van der Waals surface area contributed by atoms with Crippen LogP contribution >= 0.6 is 0 Å². The van der Waals surface area contributed by atoms with Gasteiger partial charge in [-0.3, -0.25) is 9.10 Å². The van der Waals surface area contributed by atoms with Gasteiger partial charge < -0.3 is 10.1 Å². The third-order valence-corrected chi connectivity index (χ3v) is 8.60. The van der Waals surface area contributed by atoms with Crippen LogP contribution in [0.3, 0.4) is 0 Å². The summed E-state index contributed by atoms with van der Waals surface area (Å²) in [5.41, 5.74) is 1.78. The second-order valence-electron chi connectivity index (χ2n) is 8.97. The van der Waals surface area contributed by atoms with Gasteiger partial charge in [-0.15, -0.1) is 0 Å². The van der Waals surface area contributed by atoms with Crippen molar-refractivity contribution in [3.63, 3.8) is 0 Å². The maximum Gasteiger partial charge on any atom is 0.264 e. The van der Waals surface area contributed by atoms with Crippen LogP contribution in [0.2, 0.25) is 0 Å². The number of ether oxygens (including phenoxy) is 1. The summed E-state index contributed by atoms with van der Waals surface area (Å²) in [6, 6.07) is 22.9. The second-order valence-corrected chi connectivity index (χ2v) is 10.8. The lowest BCUT2D eigenvalue weighted by Gasteiger charge is -2.41. The summed E-state index contributed by atoms with van der Waals surface area (Å²) < 4.78 is 34.8. The highest BCUT2D eigenvalue weighted by Gasteiger charge is 2.39. The van der Waals surface area contributed by atoms with Gasteiger partial charge in [-0.1, -0.05) is 68.4 Å². The minimum Gasteiger partial charge on any atom is -0.487 e. The molecule has 1 unspecified atom stereocenters. The normalized spacial score (nSPS) is 16.6. The number of fused-ring (bicyclic) bond motifs is 1. The van der Waals surface area contributed by atoms with Crippen LogP contribution in [0.5, 0.6) is 5.75 Å². The van der Waals surface area contributed by atoms with Gasteiger partial charge in [0.2, 0.25) is 5.91 Å². The predicted molar refractivity (Wildman–Crippen MR) is 138 cm³/mol. The molecule has 7 heteroatoms. The van der Waals surface area contributed by atoms with E-state index in [-0.39, 0.29) is 29.0 Å². The molecule has 4 rings (SSSR count). The summed E-state index contributed by atoms with van der Waals surface area (Å²) in [6.07, 6.45) is 2.24. The van der Waals surface area contributed by atoms with Crippen LogP contribution in [0.15, 0.2) is 83.8 Å². The number of rotatable bonds is 8. The topological polar surface area (TPSA) is 75.7 Å². The molecule has 184 valence electrons. The van der Waals surface area contributed by atoms with Crippen LogP contribution in [-0.2, 0) is 14.8 Å². The van der Waals surface area contributed by atoms with E-state index in [1.54, 1.807) is 42.5 Å². The number of sulfonamides is 1. The summed E-state index contributed by atoms with van der Waals surface area (Å²) in [4.78, 5) is 13.6. The molecule has 1 heterocycles. The molecule has 0 bridgehead atoms. The lowest BCUT2D eigenvalue weighted by atomic mass is 9.83. The summed E-state index contributed by atoms with van der Waals surface area (Å²) >= 11 is 0. The first kappa shape index (κ1) is 24.8. The number of para-hydroxylation sites is 2. The maximum atomic E-state index is 13.6. The van der Waals surface area contributed by atoms with E-state index in [1.165, 1.54) is 4.31 Å². The van der Waals surface area contributed by atoms with Gasteiger partial charge in [0.1, 0.15) is 17.9 Å². The van der Waals surface area contributed by atoms with Crippen molar-refractivity contribution in [2.75, 3.05) is 10.8 Å². The minimum atomic E-state index is -3.96. The number of carbonyl (C=O) groups excluding carboxylic acids is 1. The average molecular weight is 493 g/mol. The quantitative estimate of drug-likeness (QED) is 0.458. The van der Waals surface area contributed by atoms with E-state index in [1.807, 2.05) is 43.3 Å². The molecule has 0 aromatic heterocycles. The molecule has 0 saturated heterocycles. The molecule has 1 aliphatic rings. The van der Waals surface area contributed by atoms with E-state index in [9.17, 15) is 13.2 Å². The van der Waals surface area contributed by atoms with Crippen LogP contribution in [0.4, 0.5) is 5.69 Å². The molecule has 1 amide bonds. The molecule has 6 nitrogen and oxygen atoms in total. The first-order chi connectivity index (χ1) is 16.8. The maximum absolute atomic E-state index is 13.6. The molecule has 35 heavy (non-hydrogen) atoms. The van der Waals surface area contributed by atoms with Crippen molar-refractivity contribution in [3.05, 3.63) is 90.0 Å². The Labute approximate surface area is 208 Å². The van der Waals surface area contributed by atoms with Crippen molar-refractivity contribution >= 4 is 21.6 Å². The minimum absolute atomic E-state index is 0.142. The fraction of sp³-hybridized carbons (Fsp3) is 0.321. The lowest BCUT2D eigenvalue weighted by molar-refractivity contribution is -0.121. The highest BCUT2D eigenvalue weighted by atomic mass is 32.2. The number of carbonyl (C=O) groups is 1. The van der Waals surface area contributed by atoms with Crippen molar-refractivity contribution < 1.29 is 17.9 Å². The number of hydrogen-bond donors (Lipinski definition) is 1. The van der Waals surface area contributed by atoms with Gasteiger partial charge in [-0.2, -0.15) is 0 Å². The summed E-state index contributed by atoms with van der Waals surface area (Å²) in [5.74, 6) is 0.399. The molecule has 1 aliphatic heterocycles. The van der Waals surface area contributed by atoms with Gasteiger partial charge >= 0.3 is 0 Å². The van der Waals surface area contributed by atoms with E-state index < -0.39 is 10.0 Å². The second kappa shape index (κ2) is 10.1. The molecular weight excluding hydrogens is 460 g/mol. The highest BCUT2D eigenvalue weighted by Crippen LogP contribution is 2.42. The largest absolute Gasteiger partial charge is 0.487 e. The van der Waals surface area contributed by atoms with E-state index in [2.05, 4.69) is 19.2 Å². The number of anilines is 1.